The first-order valence-electron chi connectivity index (χ1n) is 12.1. The minimum Gasteiger partial charge on any atom is -0.455 e. The van der Waals surface area contributed by atoms with Gasteiger partial charge in [0.1, 0.15) is 22.7 Å². The molecule has 8 nitrogen and oxygen atoms in total. The first-order chi connectivity index (χ1) is 19.0. The van der Waals surface area contributed by atoms with Crippen LogP contribution in [0.3, 0.4) is 0 Å². The van der Waals surface area contributed by atoms with E-state index in [-0.39, 0.29) is 44.7 Å². The average Bonchev–Trinajstić information content (AvgIpc) is 3.24. The van der Waals surface area contributed by atoms with Crippen LogP contribution in [-0.4, -0.2) is 45.3 Å². The maximum Gasteiger partial charge on any atom is 0.410 e. The molecule has 0 bridgehead atoms. The van der Waals surface area contributed by atoms with Gasteiger partial charge in [-0.05, 0) is 61.9 Å². The zero-order chi connectivity index (χ0) is 30.3. The van der Waals surface area contributed by atoms with Crippen molar-refractivity contribution >= 4 is 38.5 Å². The topological polar surface area (TPSA) is 118 Å². The lowest BCUT2D eigenvalue weighted by Gasteiger charge is -2.28. The molecule has 41 heavy (non-hydrogen) atoms. The van der Waals surface area contributed by atoms with Crippen LogP contribution in [0.2, 0.25) is 0 Å². The maximum absolute atomic E-state index is 13.6. The number of sulfonamides is 1. The van der Waals surface area contributed by atoms with Crippen LogP contribution < -0.4 is 15.4 Å². The summed E-state index contributed by atoms with van der Waals surface area (Å²) in [6.07, 6.45) is -3.79. The van der Waals surface area contributed by atoms with Gasteiger partial charge in [0.2, 0.25) is 10.0 Å². The number of hydrogen-bond acceptors (Lipinski definition) is 5. The van der Waals surface area contributed by atoms with E-state index in [4.69, 9.17) is 4.42 Å². The van der Waals surface area contributed by atoms with E-state index >= 15 is 0 Å². The van der Waals surface area contributed by atoms with Gasteiger partial charge >= 0.3 is 6.18 Å². The summed E-state index contributed by atoms with van der Waals surface area (Å²) < 4.78 is 86.4. The first kappa shape index (κ1) is 29.6. The number of benzene rings is 3. The van der Waals surface area contributed by atoms with Gasteiger partial charge in [0.05, 0.1) is 17.5 Å². The van der Waals surface area contributed by atoms with Gasteiger partial charge < -0.3 is 15.1 Å². The number of fused-ring (bicyclic) bond motifs is 1. The van der Waals surface area contributed by atoms with Crippen molar-refractivity contribution in [3.05, 3.63) is 77.6 Å². The van der Waals surface area contributed by atoms with Gasteiger partial charge in [-0.25, -0.2) is 12.8 Å². The van der Waals surface area contributed by atoms with E-state index in [1.807, 2.05) is 5.32 Å². The lowest BCUT2D eigenvalue weighted by molar-refractivity contribution is -0.182. The van der Waals surface area contributed by atoms with Crippen molar-refractivity contribution < 1.29 is 40.0 Å². The number of carbonyl (C=O) groups excluding carboxylic acids is 2. The van der Waals surface area contributed by atoms with Crippen LogP contribution >= 0.6 is 0 Å². The normalized spacial score (nSPS) is 12.3. The molecule has 1 heterocycles. The maximum atomic E-state index is 13.6. The minimum atomic E-state index is -4.71. The molecule has 0 atom stereocenters. The Hall–Kier alpha value is -4.39. The molecule has 0 saturated heterocycles. The molecule has 3 aromatic carbocycles. The highest BCUT2D eigenvalue weighted by Crippen LogP contribution is 2.40. The summed E-state index contributed by atoms with van der Waals surface area (Å²) in [6.45, 7) is 1.66. The number of nitrogens with one attached hydrogen (secondary N) is 3. The summed E-state index contributed by atoms with van der Waals surface area (Å²) in [4.78, 5) is 25.7. The van der Waals surface area contributed by atoms with Crippen LogP contribution in [0.25, 0.3) is 33.4 Å². The number of halogens is 4. The van der Waals surface area contributed by atoms with E-state index in [1.165, 1.54) is 67.7 Å². The zero-order valence-electron chi connectivity index (χ0n) is 22.2. The Morgan fingerprint density at radius 1 is 0.902 bits per heavy atom. The van der Waals surface area contributed by atoms with Gasteiger partial charge in [0.25, 0.3) is 11.8 Å². The lowest BCUT2D eigenvalue weighted by atomic mass is 9.97. The Bertz CT molecular complexity index is 1760. The third-order valence-corrected chi connectivity index (χ3v) is 6.85. The fourth-order valence-electron chi connectivity index (χ4n) is 4.08. The van der Waals surface area contributed by atoms with Crippen LogP contribution in [0.5, 0.6) is 0 Å². The number of hydrogen-bond donors (Lipinski definition) is 3. The molecule has 0 aliphatic carbocycles. The van der Waals surface area contributed by atoms with Gasteiger partial charge in [0, 0.05) is 35.2 Å². The molecule has 0 radical (unpaired) electrons. The molecular formula is C28H25F4N3O5S. The van der Waals surface area contributed by atoms with E-state index in [2.05, 4.69) is 10.0 Å². The Labute approximate surface area is 232 Å². The van der Waals surface area contributed by atoms with Crippen molar-refractivity contribution in [1.82, 2.24) is 10.6 Å². The van der Waals surface area contributed by atoms with Crippen molar-refractivity contribution in [2.24, 2.45) is 0 Å². The average molecular weight is 592 g/mol. The quantitative estimate of drug-likeness (QED) is 0.238. The number of furan rings is 1. The predicted molar refractivity (Wildman–Crippen MR) is 147 cm³/mol. The Morgan fingerprint density at radius 3 is 2.15 bits per heavy atom. The largest absolute Gasteiger partial charge is 0.455 e. The number of rotatable bonds is 7. The van der Waals surface area contributed by atoms with Crippen LogP contribution in [0.1, 0.15) is 34.6 Å². The number of carbonyl (C=O) groups is 2. The number of alkyl halides is 3. The van der Waals surface area contributed by atoms with Gasteiger partial charge in [-0.2, -0.15) is 13.2 Å². The van der Waals surface area contributed by atoms with Gasteiger partial charge in [-0.1, -0.05) is 12.1 Å². The van der Waals surface area contributed by atoms with E-state index in [0.717, 1.165) is 20.1 Å². The molecule has 1 aromatic heterocycles. The van der Waals surface area contributed by atoms with E-state index in [1.54, 1.807) is 0 Å². The second-order valence-corrected chi connectivity index (χ2v) is 11.6. The summed E-state index contributed by atoms with van der Waals surface area (Å²) in [5.41, 5.74) is -1.54. The lowest BCUT2D eigenvalue weighted by Crippen LogP contribution is -2.54. The molecule has 0 aliphatic heterocycles. The van der Waals surface area contributed by atoms with Crippen molar-refractivity contribution in [2.75, 3.05) is 18.0 Å². The standard InChI is InChI=1S/C28H25F4N3O5S/c1-27(2,28(30,31)32)34-25(36)17-7-5-6-16(12-17)19-13-20-22(14-21(19)35-41(4,38)39)40-24(23(20)26(37)33-3)15-8-10-18(29)11-9-15/h5-14,35H,1-4H3,(H,33,37)(H,34,36). The first-order valence-corrected chi connectivity index (χ1v) is 14.0. The molecule has 0 spiro atoms. The van der Waals surface area contributed by atoms with Crippen LogP contribution in [0, 0.1) is 5.82 Å². The highest BCUT2D eigenvalue weighted by atomic mass is 32.2. The molecule has 0 unspecified atom stereocenters. The van der Waals surface area contributed by atoms with Gasteiger partial charge in [-0.15, -0.1) is 0 Å². The fraction of sp³-hybridized carbons (Fsp3) is 0.214. The van der Waals surface area contributed by atoms with Crippen LogP contribution in [0.15, 0.2) is 65.1 Å². The Morgan fingerprint density at radius 2 is 1.56 bits per heavy atom. The van der Waals surface area contributed by atoms with Crippen molar-refractivity contribution in [3.63, 3.8) is 0 Å². The molecule has 216 valence electrons. The van der Waals surface area contributed by atoms with E-state index < -0.39 is 39.4 Å². The molecule has 0 aliphatic rings. The van der Waals surface area contributed by atoms with Crippen molar-refractivity contribution in [1.29, 1.82) is 0 Å². The summed E-state index contributed by atoms with van der Waals surface area (Å²) in [5, 5.41) is 4.75. The highest BCUT2D eigenvalue weighted by molar-refractivity contribution is 7.92. The SMILES string of the molecule is CNC(=O)c1c(-c2ccc(F)cc2)oc2cc(NS(C)(=O)=O)c(-c3cccc(C(=O)NC(C)(C)C(F)(F)F)c3)cc12. The predicted octanol–water partition coefficient (Wildman–Crippen LogP) is 5.71. The van der Waals surface area contributed by atoms with E-state index in [9.17, 15) is 35.6 Å². The second-order valence-electron chi connectivity index (χ2n) is 9.82. The summed E-state index contributed by atoms with van der Waals surface area (Å²) in [7, 11) is -2.44. The molecule has 3 N–H and O–H groups in total. The van der Waals surface area contributed by atoms with Crippen LogP contribution in [0.4, 0.5) is 23.2 Å². The molecule has 13 heteroatoms. The Balaban J connectivity index is 1.93. The summed E-state index contributed by atoms with van der Waals surface area (Å²) in [5.74, 6) is -1.94. The van der Waals surface area contributed by atoms with Gasteiger partial charge in [0.15, 0.2) is 0 Å². The second kappa shape index (κ2) is 10.5. The number of anilines is 1. The van der Waals surface area contributed by atoms with Crippen molar-refractivity contribution in [3.8, 4) is 22.5 Å². The third-order valence-electron chi connectivity index (χ3n) is 6.25. The van der Waals surface area contributed by atoms with E-state index in [0.29, 0.717) is 5.56 Å². The third kappa shape index (κ3) is 6.19. The molecule has 4 aromatic rings. The smallest absolute Gasteiger partial charge is 0.410 e. The molecule has 4 rings (SSSR count). The van der Waals surface area contributed by atoms with Crippen molar-refractivity contribution in [2.45, 2.75) is 25.6 Å². The van der Waals surface area contributed by atoms with Gasteiger partial charge in [-0.3, -0.25) is 14.3 Å². The molecular weight excluding hydrogens is 566 g/mol. The fourth-order valence-corrected chi connectivity index (χ4v) is 4.64. The minimum absolute atomic E-state index is 0.0241. The highest BCUT2D eigenvalue weighted by Gasteiger charge is 2.48. The number of amides is 2. The van der Waals surface area contributed by atoms with Crippen LogP contribution in [-0.2, 0) is 10.0 Å². The Kier molecular flexibility index (Phi) is 7.61. The summed E-state index contributed by atoms with van der Waals surface area (Å²) in [6, 6.07) is 13.6. The molecule has 0 fully saturated rings. The molecule has 2 amide bonds. The molecule has 0 saturated carbocycles. The summed E-state index contributed by atoms with van der Waals surface area (Å²) >= 11 is 0. The zero-order valence-corrected chi connectivity index (χ0v) is 23.1. The monoisotopic (exact) mass is 591 g/mol.